The molecule has 0 radical (unpaired) electrons. The number of hydrogen-bond acceptors (Lipinski definition) is 3. The minimum absolute atomic E-state index is 0. The number of aliphatic hydroxyl groups excluding tert-OH is 1. The number of guanidine groups is 1. The van der Waals surface area contributed by atoms with Crippen LogP contribution in [0.2, 0.25) is 0 Å². The van der Waals surface area contributed by atoms with Crippen LogP contribution < -0.4 is 10.6 Å². The fourth-order valence-corrected chi connectivity index (χ4v) is 1.78. The summed E-state index contributed by atoms with van der Waals surface area (Å²) in [4.78, 5) is 3.81. The molecule has 1 heterocycles. The van der Waals surface area contributed by atoms with E-state index in [2.05, 4.69) is 20.7 Å². The number of nitrogens with zero attached hydrogens (tertiary/aromatic N) is 3. The molecule has 1 rings (SSSR count). The molecule has 128 valence electrons. The zero-order chi connectivity index (χ0) is 16.2. The smallest absolute Gasteiger partial charge is 0.382 e. The second-order valence-corrected chi connectivity index (χ2v) is 4.64. The topological polar surface area (TPSA) is 74.5 Å². The zero-order valence-corrected chi connectivity index (χ0v) is 15.2. The van der Waals surface area contributed by atoms with Crippen LogP contribution in [0.25, 0.3) is 0 Å². The lowest BCUT2D eigenvalue weighted by molar-refractivity contribution is -0.201. The summed E-state index contributed by atoms with van der Waals surface area (Å²) in [6.45, 7) is 3.48. The number of rotatable bonds is 4. The van der Waals surface area contributed by atoms with Crippen LogP contribution in [-0.2, 0) is 13.6 Å². The molecule has 0 aliphatic heterocycles. The van der Waals surface area contributed by atoms with E-state index in [-0.39, 0.29) is 29.9 Å². The van der Waals surface area contributed by atoms with Crippen LogP contribution in [0.3, 0.4) is 0 Å². The predicted octanol–water partition coefficient (Wildman–Crippen LogP) is 1.24. The Kier molecular flexibility index (Phi) is 8.15. The van der Waals surface area contributed by atoms with Crippen molar-refractivity contribution in [1.82, 2.24) is 20.4 Å². The van der Waals surface area contributed by atoms with Gasteiger partial charge in [0, 0.05) is 31.9 Å². The maximum atomic E-state index is 12.2. The van der Waals surface area contributed by atoms with Gasteiger partial charge in [0.2, 0.25) is 0 Å². The number of nitrogens with one attached hydrogen (secondary N) is 2. The largest absolute Gasteiger partial charge is 0.416 e. The first kappa shape index (κ1) is 21.0. The summed E-state index contributed by atoms with van der Waals surface area (Å²) in [7, 11) is 3.26. The summed E-state index contributed by atoms with van der Waals surface area (Å²) in [5.74, 6) is 0.181. The second kappa shape index (κ2) is 8.56. The van der Waals surface area contributed by atoms with E-state index in [1.54, 1.807) is 4.68 Å². The van der Waals surface area contributed by atoms with Crippen LogP contribution in [-0.4, -0.2) is 46.7 Å². The van der Waals surface area contributed by atoms with E-state index in [0.29, 0.717) is 6.54 Å². The molecule has 0 bridgehead atoms. The molecule has 1 unspecified atom stereocenters. The SMILES string of the molecule is CN=C(NCc1c(C)nn(C)c1C)NCC(O)C(F)(F)F.I. The van der Waals surface area contributed by atoms with Gasteiger partial charge in [-0.3, -0.25) is 9.67 Å². The van der Waals surface area contributed by atoms with E-state index in [0.717, 1.165) is 17.0 Å². The third-order valence-corrected chi connectivity index (χ3v) is 3.16. The van der Waals surface area contributed by atoms with Crippen LogP contribution in [0, 0.1) is 13.8 Å². The third-order valence-electron chi connectivity index (χ3n) is 3.16. The Bertz CT molecular complexity index is 516. The number of alkyl halides is 3. The highest BCUT2D eigenvalue weighted by atomic mass is 127. The van der Waals surface area contributed by atoms with Gasteiger partial charge in [-0.05, 0) is 13.8 Å². The molecule has 1 aromatic rings. The van der Waals surface area contributed by atoms with Gasteiger partial charge in [-0.2, -0.15) is 18.3 Å². The average Bonchev–Trinajstić information content (AvgIpc) is 2.63. The first-order valence-corrected chi connectivity index (χ1v) is 6.35. The number of aliphatic hydroxyl groups is 1. The van der Waals surface area contributed by atoms with Crippen LogP contribution in [0.1, 0.15) is 17.0 Å². The van der Waals surface area contributed by atoms with Crippen LogP contribution >= 0.6 is 24.0 Å². The van der Waals surface area contributed by atoms with Crippen molar-refractivity contribution in [2.45, 2.75) is 32.7 Å². The molecule has 1 atom stereocenters. The van der Waals surface area contributed by atoms with Crippen molar-refractivity contribution >= 4 is 29.9 Å². The highest BCUT2D eigenvalue weighted by Gasteiger charge is 2.38. The van der Waals surface area contributed by atoms with Crippen molar-refractivity contribution in [1.29, 1.82) is 0 Å². The van der Waals surface area contributed by atoms with Crippen LogP contribution in [0.15, 0.2) is 4.99 Å². The van der Waals surface area contributed by atoms with Gasteiger partial charge in [-0.25, -0.2) is 0 Å². The lowest BCUT2D eigenvalue weighted by atomic mass is 10.2. The van der Waals surface area contributed by atoms with Gasteiger partial charge in [0.1, 0.15) is 0 Å². The summed E-state index contributed by atoms with van der Waals surface area (Å²) in [6, 6.07) is 0. The van der Waals surface area contributed by atoms with E-state index >= 15 is 0 Å². The summed E-state index contributed by atoms with van der Waals surface area (Å²) in [5, 5.41) is 18.5. The molecular formula is C12H21F3IN5O. The second-order valence-electron chi connectivity index (χ2n) is 4.64. The molecule has 0 aromatic carbocycles. The first-order valence-electron chi connectivity index (χ1n) is 6.35. The Morgan fingerprint density at radius 1 is 1.36 bits per heavy atom. The Balaban J connectivity index is 0.00000441. The quantitative estimate of drug-likeness (QED) is 0.378. The van der Waals surface area contributed by atoms with E-state index in [4.69, 9.17) is 5.11 Å². The molecule has 10 heteroatoms. The summed E-state index contributed by atoms with van der Waals surface area (Å²) < 4.78 is 38.3. The van der Waals surface area contributed by atoms with E-state index < -0.39 is 18.8 Å². The van der Waals surface area contributed by atoms with E-state index in [1.807, 2.05) is 20.9 Å². The summed E-state index contributed by atoms with van der Waals surface area (Å²) in [5.41, 5.74) is 2.76. The Labute approximate surface area is 144 Å². The van der Waals surface area contributed by atoms with Gasteiger partial charge in [-0.1, -0.05) is 0 Å². The number of aliphatic imine (C=N–C) groups is 1. The van der Waals surface area contributed by atoms with Crippen molar-refractivity contribution in [3.8, 4) is 0 Å². The van der Waals surface area contributed by atoms with Gasteiger partial charge in [0.15, 0.2) is 12.1 Å². The standard InChI is InChI=1S/C12H20F3N5O.HI/c1-7-9(8(2)20(4)19-7)5-17-11(16-3)18-6-10(21)12(13,14)15;/h10,21H,5-6H2,1-4H3,(H2,16,17,18);1H. The molecule has 3 N–H and O–H groups in total. The third kappa shape index (κ3) is 5.63. The molecule has 0 saturated heterocycles. The van der Waals surface area contributed by atoms with Crippen molar-refractivity contribution < 1.29 is 18.3 Å². The lowest BCUT2D eigenvalue weighted by Gasteiger charge is -2.17. The molecule has 22 heavy (non-hydrogen) atoms. The first-order chi connectivity index (χ1) is 9.66. The molecule has 0 aliphatic rings. The van der Waals surface area contributed by atoms with Gasteiger partial charge < -0.3 is 15.7 Å². The van der Waals surface area contributed by atoms with Crippen molar-refractivity contribution in [3.63, 3.8) is 0 Å². The predicted molar refractivity (Wildman–Crippen MR) is 88.4 cm³/mol. The maximum absolute atomic E-state index is 12.2. The van der Waals surface area contributed by atoms with Gasteiger partial charge in [-0.15, -0.1) is 24.0 Å². The maximum Gasteiger partial charge on any atom is 0.416 e. The molecule has 0 amide bonds. The monoisotopic (exact) mass is 435 g/mol. The zero-order valence-electron chi connectivity index (χ0n) is 12.8. The Morgan fingerprint density at radius 2 is 1.95 bits per heavy atom. The minimum Gasteiger partial charge on any atom is -0.382 e. The highest BCUT2D eigenvalue weighted by Crippen LogP contribution is 2.19. The van der Waals surface area contributed by atoms with Gasteiger partial charge >= 0.3 is 6.18 Å². The Morgan fingerprint density at radius 3 is 2.36 bits per heavy atom. The Hall–Kier alpha value is -1.04. The normalized spacial score (nSPS) is 13.5. The van der Waals surface area contributed by atoms with Gasteiger partial charge in [0.05, 0.1) is 12.2 Å². The number of aryl methyl sites for hydroxylation is 2. The van der Waals surface area contributed by atoms with E-state index in [1.165, 1.54) is 7.05 Å². The van der Waals surface area contributed by atoms with Crippen molar-refractivity contribution in [2.24, 2.45) is 12.0 Å². The highest BCUT2D eigenvalue weighted by molar-refractivity contribution is 14.0. The number of hydrogen-bond donors (Lipinski definition) is 3. The van der Waals surface area contributed by atoms with Gasteiger partial charge in [0.25, 0.3) is 0 Å². The minimum atomic E-state index is -4.65. The molecule has 0 fully saturated rings. The molecule has 0 saturated carbocycles. The van der Waals surface area contributed by atoms with Crippen molar-refractivity contribution in [2.75, 3.05) is 13.6 Å². The van der Waals surface area contributed by atoms with Crippen LogP contribution in [0.5, 0.6) is 0 Å². The average molecular weight is 435 g/mol. The summed E-state index contributed by atoms with van der Waals surface area (Å²) >= 11 is 0. The van der Waals surface area contributed by atoms with Crippen molar-refractivity contribution in [3.05, 3.63) is 17.0 Å². The van der Waals surface area contributed by atoms with Crippen LogP contribution in [0.4, 0.5) is 13.2 Å². The molecule has 0 spiro atoms. The molecule has 0 aliphatic carbocycles. The fraction of sp³-hybridized carbons (Fsp3) is 0.667. The number of halogens is 4. The molecule has 1 aromatic heterocycles. The fourth-order valence-electron chi connectivity index (χ4n) is 1.78. The summed E-state index contributed by atoms with van der Waals surface area (Å²) in [6.07, 6.45) is -7.08. The molecular weight excluding hydrogens is 414 g/mol. The number of aromatic nitrogens is 2. The molecule has 6 nitrogen and oxygen atoms in total. The van der Waals surface area contributed by atoms with E-state index in [9.17, 15) is 13.2 Å². The lowest BCUT2D eigenvalue weighted by Crippen LogP contribution is -2.45.